The second kappa shape index (κ2) is 5.38. The minimum absolute atomic E-state index is 0.114. The van der Waals surface area contributed by atoms with Gasteiger partial charge >= 0.3 is 0 Å². The molecule has 2 aliphatic rings. The van der Waals surface area contributed by atoms with Crippen molar-refractivity contribution >= 4 is 32.6 Å². The van der Waals surface area contributed by atoms with Gasteiger partial charge in [-0.05, 0) is 37.0 Å². The summed E-state index contributed by atoms with van der Waals surface area (Å²) in [6.07, 6.45) is 3.69. The summed E-state index contributed by atoms with van der Waals surface area (Å²) in [5.41, 5.74) is 0.708. The summed E-state index contributed by atoms with van der Waals surface area (Å²) >= 11 is 1.71. The molecule has 0 saturated heterocycles. The second-order valence-electron chi connectivity index (χ2n) is 5.20. The number of benzene rings is 1. The summed E-state index contributed by atoms with van der Waals surface area (Å²) in [7, 11) is -3.67. The number of hydrogen-bond donors (Lipinski definition) is 2. The highest BCUT2D eigenvalue weighted by molar-refractivity contribution is 8.14. The van der Waals surface area contributed by atoms with Crippen LogP contribution in [0.25, 0.3) is 0 Å². The van der Waals surface area contributed by atoms with E-state index in [0.717, 1.165) is 17.3 Å². The Kier molecular flexibility index (Phi) is 3.74. The van der Waals surface area contributed by atoms with Gasteiger partial charge in [-0.2, -0.15) is 0 Å². The first-order chi connectivity index (χ1) is 9.52. The lowest BCUT2D eigenvalue weighted by Crippen LogP contribution is -2.25. The Morgan fingerprint density at radius 2 is 2.20 bits per heavy atom. The first-order valence-electron chi connectivity index (χ1n) is 6.63. The monoisotopic (exact) mass is 311 g/mol. The topological polar surface area (TPSA) is 84.5 Å². The lowest BCUT2D eigenvalue weighted by atomic mass is 10.1. The molecule has 1 aromatic rings. The minimum Gasteiger partial charge on any atom is -0.335 e. The molecular formula is C13H17N3O2S2. The van der Waals surface area contributed by atoms with Crippen LogP contribution in [0.1, 0.15) is 19.3 Å². The van der Waals surface area contributed by atoms with Crippen molar-refractivity contribution in [2.45, 2.75) is 30.2 Å². The quantitative estimate of drug-likeness (QED) is 0.875. The third-order valence-electron chi connectivity index (χ3n) is 3.75. The molecule has 2 unspecified atom stereocenters. The van der Waals surface area contributed by atoms with Gasteiger partial charge in [0.15, 0.2) is 5.17 Å². The molecule has 20 heavy (non-hydrogen) atoms. The molecule has 3 rings (SSSR count). The van der Waals surface area contributed by atoms with E-state index in [1.807, 2.05) is 6.07 Å². The molecule has 1 aliphatic carbocycles. The SMILES string of the molecule is NS(=O)(=O)c1cccc(NC2=NC3CCCC3CS2)c1. The third-order valence-corrected chi connectivity index (χ3v) is 5.74. The van der Waals surface area contributed by atoms with Gasteiger partial charge in [-0.25, -0.2) is 13.6 Å². The molecule has 1 aromatic carbocycles. The molecule has 7 heteroatoms. The van der Waals surface area contributed by atoms with Crippen molar-refractivity contribution in [3.8, 4) is 0 Å². The van der Waals surface area contributed by atoms with Crippen LogP contribution in [0, 0.1) is 5.92 Å². The molecule has 0 bridgehead atoms. The van der Waals surface area contributed by atoms with E-state index in [0.29, 0.717) is 17.6 Å². The first kappa shape index (κ1) is 13.9. The van der Waals surface area contributed by atoms with Gasteiger partial charge in [-0.1, -0.05) is 24.2 Å². The summed E-state index contributed by atoms with van der Waals surface area (Å²) in [4.78, 5) is 4.83. The zero-order chi connectivity index (χ0) is 14.2. The van der Waals surface area contributed by atoms with Crippen LogP contribution >= 0.6 is 11.8 Å². The van der Waals surface area contributed by atoms with Crippen LogP contribution in [0.15, 0.2) is 34.2 Å². The molecule has 0 amide bonds. The molecule has 2 atom stereocenters. The summed E-state index contributed by atoms with van der Waals surface area (Å²) in [5.74, 6) is 1.80. The molecular weight excluding hydrogens is 294 g/mol. The summed E-state index contributed by atoms with van der Waals surface area (Å²) in [5, 5.41) is 9.21. The predicted octanol–water partition coefficient (Wildman–Crippen LogP) is 2.02. The minimum atomic E-state index is -3.67. The van der Waals surface area contributed by atoms with Crippen molar-refractivity contribution < 1.29 is 8.42 Å². The van der Waals surface area contributed by atoms with E-state index in [4.69, 9.17) is 10.1 Å². The number of rotatable bonds is 2. The highest BCUT2D eigenvalue weighted by Crippen LogP contribution is 2.35. The van der Waals surface area contributed by atoms with Gasteiger partial charge in [0.2, 0.25) is 10.0 Å². The van der Waals surface area contributed by atoms with Gasteiger partial charge in [0.1, 0.15) is 0 Å². The zero-order valence-corrected chi connectivity index (χ0v) is 12.6. The number of anilines is 1. The van der Waals surface area contributed by atoms with Crippen LogP contribution in [0.4, 0.5) is 5.69 Å². The maximum absolute atomic E-state index is 11.3. The number of nitrogens with two attached hydrogens (primary N) is 1. The standard InChI is InChI=1S/C13H17N3O2S2/c14-20(17,18)11-5-2-4-10(7-11)15-13-16-12-6-1-3-9(12)8-19-13/h2,4-5,7,9,12H,1,3,6,8H2,(H,15,16)(H2,14,17,18). The molecule has 1 saturated carbocycles. The molecule has 1 aliphatic heterocycles. The highest BCUT2D eigenvalue weighted by Gasteiger charge is 2.30. The lowest BCUT2D eigenvalue weighted by molar-refractivity contribution is 0.535. The summed E-state index contributed by atoms with van der Waals surface area (Å²) < 4.78 is 22.7. The second-order valence-corrected chi connectivity index (χ2v) is 7.77. The van der Waals surface area contributed by atoms with Crippen LogP contribution in [-0.2, 0) is 10.0 Å². The summed E-state index contributed by atoms with van der Waals surface area (Å²) in [6.45, 7) is 0. The Labute approximate surface area is 123 Å². The number of thioether (sulfide) groups is 1. The fourth-order valence-electron chi connectivity index (χ4n) is 2.70. The van der Waals surface area contributed by atoms with Crippen molar-refractivity contribution in [3.05, 3.63) is 24.3 Å². The van der Waals surface area contributed by atoms with E-state index >= 15 is 0 Å². The van der Waals surface area contributed by atoms with E-state index in [-0.39, 0.29) is 4.90 Å². The zero-order valence-electron chi connectivity index (χ0n) is 11.0. The molecule has 0 radical (unpaired) electrons. The molecule has 5 nitrogen and oxygen atoms in total. The first-order valence-corrected chi connectivity index (χ1v) is 9.16. The predicted molar refractivity (Wildman–Crippen MR) is 82.5 cm³/mol. The molecule has 3 N–H and O–H groups in total. The number of nitrogens with zero attached hydrogens (tertiary/aromatic N) is 1. The van der Waals surface area contributed by atoms with E-state index in [2.05, 4.69) is 5.32 Å². The Balaban J connectivity index is 1.78. The van der Waals surface area contributed by atoms with Crippen molar-refractivity contribution in [2.24, 2.45) is 16.0 Å². The Hall–Kier alpha value is -1.05. The maximum atomic E-state index is 11.3. The number of sulfonamides is 1. The molecule has 0 aromatic heterocycles. The fourth-order valence-corrected chi connectivity index (χ4v) is 4.42. The Bertz CT molecular complexity index is 643. The van der Waals surface area contributed by atoms with Gasteiger partial charge < -0.3 is 5.32 Å². The number of nitrogens with one attached hydrogen (secondary N) is 1. The maximum Gasteiger partial charge on any atom is 0.238 e. The number of amidine groups is 1. The summed E-state index contributed by atoms with van der Waals surface area (Å²) in [6, 6.07) is 6.95. The van der Waals surface area contributed by atoms with Crippen molar-refractivity contribution in [1.29, 1.82) is 0 Å². The average molecular weight is 311 g/mol. The Morgan fingerprint density at radius 3 is 3.00 bits per heavy atom. The number of hydrogen-bond acceptors (Lipinski definition) is 5. The largest absolute Gasteiger partial charge is 0.335 e. The lowest BCUT2D eigenvalue weighted by Gasteiger charge is -2.23. The number of aliphatic imine (C=N–C) groups is 1. The molecule has 108 valence electrons. The molecule has 0 spiro atoms. The van der Waals surface area contributed by atoms with E-state index < -0.39 is 10.0 Å². The fraction of sp³-hybridized carbons (Fsp3) is 0.462. The van der Waals surface area contributed by atoms with E-state index in [1.165, 1.54) is 18.9 Å². The van der Waals surface area contributed by atoms with Crippen molar-refractivity contribution in [3.63, 3.8) is 0 Å². The Morgan fingerprint density at radius 1 is 1.35 bits per heavy atom. The van der Waals surface area contributed by atoms with Crippen molar-refractivity contribution in [1.82, 2.24) is 0 Å². The van der Waals surface area contributed by atoms with E-state index in [1.54, 1.807) is 23.9 Å². The van der Waals surface area contributed by atoms with Gasteiger partial charge in [-0.3, -0.25) is 4.99 Å². The average Bonchev–Trinajstić information content (AvgIpc) is 2.85. The molecule has 1 fully saturated rings. The van der Waals surface area contributed by atoms with Crippen LogP contribution in [0.5, 0.6) is 0 Å². The smallest absolute Gasteiger partial charge is 0.238 e. The van der Waals surface area contributed by atoms with Crippen LogP contribution in [-0.4, -0.2) is 25.4 Å². The normalized spacial score (nSPS) is 25.9. The van der Waals surface area contributed by atoms with Crippen LogP contribution < -0.4 is 10.5 Å². The number of primary sulfonamides is 1. The van der Waals surface area contributed by atoms with E-state index in [9.17, 15) is 8.42 Å². The number of fused-ring (bicyclic) bond motifs is 1. The van der Waals surface area contributed by atoms with Gasteiger partial charge in [0, 0.05) is 11.4 Å². The van der Waals surface area contributed by atoms with Gasteiger partial charge in [-0.15, -0.1) is 0 Å². The van der Waals surface area contributed by atoms with Crippen LogP contribution in [0.3, 0.4) is 0 Å². The van der Waals surface area contributed by atoms with Gasteiger partial charge in [0.05, 0.1) is 10.9 Å². The molecule has 1 heterocycles. The van der Waals surface area contributed by atoms with Crippen LogP contribution in [0.2, 0.25) is 0 Å². The third kappa shape index (κ3) is 2.99. The van der Waals surface area contributed by atoms with Crippen molar-refractivity contribution in [2.75, 3.05) is 11.1 Å². The van der Waals surface area contributed by atoms with Gasteiger partial charge in [0.25, 0.3) is 0 Å². The highest BCUT2D eigenvalue weighted by atomic mass is 32.2.